The minimum Gasteiger partial charge on any atom is -0.480 e. The van der Waals surface area contributed by atoms with Crippen LogP contribution in [0.4, 0.5) is 0 Å². The van der Waals surface area contributed by atoms with Crippen LogP contribution in [0, 0.1) is 0 Å². The van der Waals surface area contributed by atoms with Gasteiger partial charge >= 0.3 is 11.9 Å². The molecule has 0 radical (unpaired) electrons. The first-order valence-corrected chi connectivity index (χ1v) is 3.59. The van der Waals surface area contributed by atoms with Crippen molar-refractivity contribution in [3.05, 3.63) is 12.8 Å². The second kappa shape index (κ2) is 5.57. The summed E-state index contributed by atoms with van der Waals surface area (Å²) in [6, 6.07) is -1.33. The van der Waals surface area contributed by atoms with E-state index in [1.54, 1.807) is 0 Å². The zero-order chi connectivity index (χ0) is 11.1. The number of aliphatic carboxylic acids is 1. The van der Waals surface area contributed by atoms with Gasteiger partial charge in [0.25, 0.3) is 0 Å². The molecule has 0 amide bonds. The summed E-state index contributed by atoms with van der Waals surface area (Å²) in [5, 5.41) is 8.59. The standard InChI is InChI=1S/C7H11N3O4/c1-2-14-5(11)3-4(6(12)13)10-7(8)9/h2,4H,1,3H2,(H,12,13)(H4,8,9,10). The summed E-state index contributed by atoms with van der Waals surface area (Å²) < 4.78 is 4.31. The van der Waals surface area contributed by atoms with E-state index in [1.165, 1.54) is 0 Å². The zero-order valence-corrected chi connectivity index (χ0v) is 7.34. The maximum atomic E-state index is 10.8. The summed E-state index contributed by atoms with van der Waals surface area (Å²) in [5.74, 6) is -2.47. The number of carbonyl (C=O) groups is 2. The molecule has 7 nitrogen and oxygen atoms in total. The Labute approximate surface area is 80.0 Å². The lowest BCUT2D eigenvalue weighted by Crippen LogP contribution is -2.30. The Morgan fingerprint density at radius 2 is 2.14 bits per heavy atom. The minimum atomic E-state index is -1.33. The highest BCUT2D eigenvalue weighted by Gasteiger charge is 2.21. The monoisotopic (exact) mass is 201 g/mol. The Bertz CT molecular complexity index is 270. The van der Waals surface area contributed by atoms with Crippen molar-refractivity contribution in [1.82, 2.24) is 0 Å². The average molecular weight is 201 g/mol. The highest BCUT2D eigenvalue weighted by molar-refractivity contribution is 5.85. The summed E-state index contributed by atoms with van der Waals surface area (Å²) in [7, 11) is 0. The highest BCUT2D eigenvalue weighted by atomic mass is 16.5. The van der Waals surface area contributed by atoms with Crippen LogP contribution >= 0.6 is 0 Å². The van der Waals surface area contributed by atoms with Crippen molar-refractivity contribution in [1.29, 1.82) is 0 Å². The van der Waals surface area contributed by atoms with Gasteiger partial charge in [0.05, 0.1) is 12.7 Å². The number of guanidine groups is 1. The van der Waals surface area contributed by atoms with Gasteiger partial charge < -0.3 is 21.3 Å². The number of nitrogens with two attached hydrogens (primary N) is 2. The van der Waals surface area contributed by atoms with Gasteiger partial charge in [0.1, 0.15) is 0 Å². The SMILES string of the molecule is C=COC(=O)CC(N=C(N)N)C(=O)O. The van der Waals surface area contributed by atoms with Crippen LogP contribution < -0.4 is 11.5 Å². The topological polar surface area (TPSA) is 128 Å². The molecule has 0 aliphatic rings. The number of ether oxygens (including phenoxy) is 1. The van der Waals surface area contributed by atoms with Gasteiger partial charge in [0.2, 0.25) is 0 Å². The Balaban J connectivity index is 4.38. The molecule has 1 atom stereocenters. The van der Waals surface area contributed by atoms with Gasteiger partial charge in [0.15, 0.2) is 12.0 Å². The van der Waals surface area contributed by atoms with Gasteiger partial charge in [0, 0.05) is 0 Å². The van der Waals surface area contributed by atoms with Crippen LogP contribution in [-0.2, 0) is 14.3 Å². The number of esters is 1. The van der Waals surface area contributed by atoms with Gasteiger partial charge in [-0.15, -0.1) is 0 Å². The molecule has 0 saturated heterocycles. The van der Waals surface area contributed by atoms with Crippen LogP contribution in [0.3, 0.4) is 0 Å². The second-order valence-electron chi connectivity index (χ2n) is 2.27. The normalized spacial score (nSPS) is 11.1. The molecular weight excluding hydrogens is 190 g/mol. The van der Waals surface area contributed by atoms with Crippen molar-refractivity contribution in [3.63, 3.8) is 0 Å². The quantitative estimate of drug-likeness (QED) is 0.221. The van der Waals surface area contributed by atoms with Gasteiger partial charge in [-0.25, -0.2) is 9.79 Å². The van der Waals surface area contributed by atoms with Crippen LogP contribution in [0.1, 0.15) is 6.42 Å². The first-order chi connectivity index (χ1) is 6.47. The van der Waals surface area contributed by atoms with Crippen molar-refractivity contribution >= 4 is 17.9 Å². The smallest absolute Gasteiger partial charge is 0.329 e. The van der Waals surface area contributed by atoms with Crippen LogP contribution in [0.15, 0.2) is 17.8 Å². The molecule has 0 rings (SSSR count). The number of nitrogens with zero attached hydrogens (tertiary/aromatic N) is 1. The van der Waals surface area contributed by atoms with Crippen molar-refractivity contribution in [2.24, 2.45) is 16.5 Å². The number of hydrogen-bond donors (Lipinski definition) is 3. The van der Waals surface area contributed by atoms with E-state index >= 15 is 0 Å². The summed E-state index contributed by atoms with van der Waals surface area (Å²) in [6.07, 6.45) is 0.454. The van der Waals surface area contributed by atoms with E-state index in [0.717, 1.165) is 6.26 Å². The number of aliphatic imine (C=N–C) groups is 1. The van der Waals surface area contributed by atoms with E-state index in [1.807, 2.05) is 0 Å². The van der Waals surface area contributed by atoms with Gasteiger partial charge in [-0.05, 0) is 0 Å². The third-order valence-corrected chi connectivity index (χ3v) is 1.16. The minimum absolute atomic E-state index is 0.399. The van der Waals surface area contributed by atoms with Crippen LogP contribution in [0.25, 0.3) is 0 Å². The maximum Gasteiger partial charge on any atom is 0.329 e. The van der Waals surface area contributed by atoms with Crippen LogP contribution in [-0.4, -0.2) is 29.0 Å². The Hall–Kier alpha value is -2.05. The molecule has 0 aliphatic heterocycles. The molecule has 5 N–H and O–H groups in total. The molecule has 78 valence electrons. The molecule has 0 fully saturated rings. The summed E-state index contributed by atoms with van der Waals surface area (Å²) in [4.78, 5) is 24.7. The average Bonchev–Trinajstić information content (AvgIpc) is 2.02. The lowest BCUT2D eigenvalue weighted by Gasteiger charge is -2.05. The van der Waals surface area contributed by atoms with E-state index in [4.69, 9.17) is 16.6 Å². The fourth-order valence-corrected chi connectivity index (χ4v) is 0.667. The third-order valence-electron chi connectivity index (χ3n) is 1.16. The fourth-order valence-electron chi connectivity index (χ4n) is 0.667. The Morgan fingerprint density at radius 1 is 1.57 bits per heavy atom. The fraction of sp³-hybridized carbons (Fsp3) is 0.286. The molecule has 0 aromatic rings. The van der Waals surface area contributed by atoms with Crippen molar-refractivity contribution in [2.75, 3.05) is 0 Å². The van der Waals surface area contributed by atoms with Crippen molar-refractivity contribution < 1.29 is 19.4 Å². The number of rotatable bonds is 5. The predicted molar refractivity (Wildman–Crippen MR) is 48.1 cm³/mol. The van der Waals surface area contributed by atoms with Crippen molar-refractivity contribution in [2.45, 2.75) is 12.5 Å². The molecule has 0 aromatic heterocycles. The summed E-state index contributed by atoms with van der Waals surface area (Å²) >= 11 is 0. The van der Waals surface area contributed by atoms with Crippen LogP contribution in [0.5, 0.6) is 0 Å². The number of carboxylic acids is 1. The molecule has 7 heteroatoms. The van der Waals surface area contributed by atoms with Crippen molar-refractivity contribution in [3.8, 4) is 0 Å². The molecule has 0 spiro atoms. The lowest BCUT2D eigenvalue weighted by molar-refractivity contribution is -0.145. The molecule has 14 heavy (non-hydrogen) atoms. The van der Waals surface area contributed by atoms with Crippen LogP contribution in [0.2, 0.25) is 0 Å². The van der Waals surface area contributed by atoms with E-state index in [-0.39, 0.29) is 0 Å². The zero-order valence-electron chi connectivity index (χ0n) is 7.34. The Morgan fingerprint density at radius 3 is 2.50 bits per heavy atom. The number of carboxylic acid groups (broad SMARTS) is 1. The predicted octanol–water partition coefficient (Wildman–Crippen LogP) is -1.21. The second-order valence-corrected chi connectivity index (χ2v) is 2.27. The van der Waals surface area contributed by atoms with Gasteiger partial charge in [-0.2, -0.15) is 0 Å². The third kappa shape index (κ3) is 4.75. The first kappa shape index (κ1) is 11.9. The molecule has 0 bridgehead atoms. The summed E-state index contributed by atoms with van der Waals surface area (Å²) in [5.41, 5.74) is 9.95. The van der Waals surface area contributed by atoms with Gasteiger partial charge in [-0.1, -0.05) is 6.58 Å². The lowest BCUT2D eigenvalue weighted by atomic mass is 10.2. The van der Waals surface area contributed by atoms with E-state index in [2.05, 4.69) is 16.3 Å². The molecule has 0 saturated carbocycles. The van der Waals surface area contributed by atoms with Gasteiger partial charge in [-0.3, -0.25) is 4.79 Å². The molecular formula is C7H11N3O4. The molecule has 0 aliphatic carbocycles. The maximum absolute atomic E-state index is 10.8. The Kier molecular flexibility index (Phi) is 4.76. The molecule has 0 aromatic carbocycles. The first-order valence-electron chi connectivity index (χ1n) is 3.59. The largest absolute Gasteiger partial charge is 0.480 e. The summed E-state index contributed by atoms with van der Waals surface area (Å²) in [6.45, 7) is 3.14. The van der Waals surface area contributed by atoms with E-state index < -0.39 is 30.4 Å². The number of hydrogen-bond acceptors (Lipinski definition) is 4. The molecule has 1 unspecified atom stereocenters. The van der Waals surface area contributed by atoms with E-state index in [0.29, 0.717) is 0 Å². The number of carbonyl (C=O) groups excluding carboxylic acids is 1. The highest BCUT2D eigenvalue weighted by Crippen LogP contribution is 2.00. The van der Waals surface area contributed by atoms with E-state index in [9.17, 15) is 9.59 Å². The molecule has 0 heterocycles.